The largest absolute Gasteiger partial charge is 0.495 e. The zero-order valence-electron chi connectivity index (χ0n) is 20.1. The molecule has 0 unspecified atom stereocenters. The van der Waals surface area contributed by atoms with Crippen molar-refractivity contribution in [1.29, 1.82) is 0 Å². The minimum Gasteiger partial charge on any atom is -0.495 e. The highest BCUT2D eigenvalue weighted by Crippen LogP contribution is 2.41. The van der Waals surface area contributed by atoms with E-state index in [1.807, 2.05) is 0 Å². The number of sulfonamides is 1. The van der Waals surface area contributed by atoms with Gasteiger partial charge in [-0.1, -0.05) is 24.6 Å². The minimum absolute atomic E-state index is 0.0704. The van der Waals surface area contributed by atoms with Crippen molar-refractivity contribution in [3.8, 4) is 5.75 Å². The van der Waals surface area contributed by atoms with Crippen LogP contribution in [0.3, 0.4) is 0 Å². The number of aromatic amines is 1. The van der Waals surface area contributed by atoms with Crippen molar-refractivity contribution in [2.75, 3.05) is 7.11 Å². The summed E-state index contributed by atoms with van der Waals surface area (Å²) < 4.78 is 55.0. The van der Waals surface area contributed by atoms with Crippen molar-refractivity contribution >= 4 is 21.6 Å². The fourth-order valence-corrected chi connectivity index (χ4v) is 5.85. The summed E-state index contributed by atoms with van der Waals surface area (Å²) in [6.45, 7) is 7.98. The predicted molar refractivity (Wildman–Crippen MR) is 128 cm³/mol. The lowest BCUT2D eigenvalue weighted by molar-refractivity contribution is 0.0753. The third kappa shape index (κ3) is 5.27. The molecule has 3 aromatic rings. The lowest BCUT2D eigenvalue weighted by Gasteiger charge is -2.27. The van der Waals surface area contributed by atoms with Gasteiger partial charge in [-0.05, 0) is 62.6 Å². The van der Waals surface area contributed by atoms with Gasteiger partial charge in [0.1, 0.15) is 22.5 Å². The van der Waals surface area contributed by atoms with Gasteiger partial charge in [0.2, 0.25) is 15.9 Å². The average molecular weight is 528 g/mol. The molecule has 3 N–H and O–H groups in total. The molecule has 0 saturated carbocycles. The Labute approximate surface area is 207 Å². The van der Waals surface area contributed by atoms with Gasteiger partial charge in [0, 0.05) is 11.5 Å². The number of aryl methyl sites for hydroxylation is 1. The smallest absolute Gasteiger partial charge is 0.434 e. The average Bonchev–Trinajstić information content (AvgIpc) is 3.19. The maximum atomic E-state index is 14.9. The first-order valence-corrected chi connectivity index (χ1v) is 12.5. The molecule has 9 nitrogen and oxygen atoms in total. The number of nitrogens with one attached hydrogen (secondary N) is 2. The molecule has 0 bridgehead atoms. The van der Waals surface area contributed by atoms with Gasteiger partial charge in [0.25, 0.3) is 0 Å². The van der Waals surface area contributed by atoms with Gasteiger partial charge in [-0.3, -0.25) is 0 Å². The molecule has 0 fully saturated rings. The van der Waals surface area contributed by atoms with Crippen molar-refractivity contribution in [3.63, 3.8) is 0 Å². The Morgan fingerprint density at radius 2 is 1.91 bits per heavy atom. The van der Waals surface area contributed by atoms with Crippen molar-refractivity contribution in [2.45, 2.75) is 57.1 Å². The number of methoxy groups -OCH3 is 1. The summed E-state index contributed by atoms with van der Waals surface area (Å²) in [6.07, 6.45) is 0. The standard InChI is InChI=1S/C23H27ClFN3O6S/c1-11-7-9-15(25)17(12(11)2)13(3)19(21-26-27-22(29)34-21)28-35(31,32)16-10-8-14(24)18(20(16)33-6)23(4,5)30/h7-10,13,19,28,30H,1-6H3,(H,27,29)/t13-,19+/m1/s1. The van der Waals surface area contributed by atoms with E-state index in [4.69, 9.17) is 20.8 Å². The van der Waals surface area contributed by atoms with E-state index in [1.54, 1.807) is 26.8 Å². The molecule has 0 aliphatic carbocycles. The maximum absolute atomic E-state index is 14.9. The lowest BCUT2D eigenvalue weighted by Crippen LogP contribution is -2.33. The summed E-state index contributed by atoms with van der Waals surface area (Å²) in [5, 5.41) is 16.6. The van der Waals surface area contributed by atoms with E-state index in [0.717, 1.165) is 5.56 Å². The van der Waals surface area contributed by atoms with Crippen LogP contribution in [0.1, 0.15) is 60.9 Å². The number of ether oxygens (including phenoxy) is 1. The normalized spacial score (nSPS) is 14.1. The third-order valence-electron chi connectivity index (χ3n) is 5.87. The van der Waals surface area contributed by atoms with Crippen LogP contribution in [-0.4, -0.2) is 30.8 Å². The van der Waals surface area contributed by atoms with Crippen LogP contribution in [0.4, 0.5) is 4.39 Å². The third-order valence-corrected chi connectivity index (χ3v) is 7.65. The predicted octanol–water partition coefficient (Wildman–Crippen LogP) is 3.83. The Balaban J connectivity index is 2.19. The van der Waals surface area contributed by atoms with E-state index in [1.165, 1.54) is 39.2 Å². The summed E-state index contributed by atoms with van der Waals surface area (Å²) in [5.74, 6) is -2.72. The summed E-state index contributed by atoms with van der Waals surface area (Å²) in [4.78, 5) is 11.4. The van der Waals surface area contributed by atoms with Gasteiger partial charge < -0.3 is 14.3 Å². The minimum atomic E-state index is -4.41. The van der Waals surface area contributed by atoms with Crippen molar-refractivity contribution in [3.05, 3.63) is 73.8 Å². The number of H-pyrrole nitrogens is 1. The highest BCUT2D eigenvalue weighted by atomic mass is 35.5. The number of aliphatic hydroxyl groups is 1. The summed E-state index contributed by atoms with van der Waals surface area (Å²) in [6, 6.07) is 4.17. The van der Waals surface area contributed by atoms with Crippen LogP contribution in [-0.2, 0) is 15.6 Å². The van der Waals surface area contributed by atoms with Crippen LogP contribution in [0.5, 0.6) is 5.75 Å². The summed E-state index contributed by atoms with van der Waals surface area (Å²) >= 11 is 6.24. The maximum Gasteiger partial charge on any atom is 0.434 e. The van der Waals surface area contributed by atoms with E-state index < -0.39 is 39.2 Å². The number of aromatic nitrogens is 2. The molecule has 1 aromatic heterocycles. The first-order valence-electron chi connectivity index (χ1n) is 10.6. The second kappa shape index (κ2) is 9.73. The van der Waals surface area contributed by atoms with E-state index in [9.17, 15) is 22.7 Å². The van der Waals surface area contributed by atoms with Gasteiger partial charge in [0.15, 0.2) is 0 Å². The Morgan fingerprint density at radius 1 is 1.26 bits per heavy atom. The Morgan fingerprint density at radius 3 is 2.46 bits per heavy atom. The Kier molecular flexibility index (Phi) is 7.47. The highest BCUT2D eigenvalue weighted by Gasteiger charge is 2.36. The summed E-state index contributed by atoms with van der Waals surface area (Å²) in [7, 11) is -3.16. The lowest BCUT2D eigenvalue weighted by atomic mass is 9.88. The van der Waals surface area contributed by atoms with Crippen LogP contribution in [0.15, 0.2) is 38.4 Å². The fraction of sp³-hybridized carbons (Fsp3) is 0.391. The Hall–Kier alpha value is -2.73. The molecule has 2 aromatic carbocycles. The topological polar surface area (TPSA) is 135 Å². The molecule has 0 amide bonds. The molecular formula is C23H27ClFN3O6S. The number of rotatable bonds is 8. The molecule has 0 saturated heterocycles. The molecule has 0 spiro atoms. The monoisotopic (exact) mass is 527 g/mol. The number of nitrogens with zero attached hydrogens (tertiary/aromatic N) is 1. The number of hydrogen-bond donors (Lipinski definition) is 3. The van der Waals surface area contributed by atoms with E-state index in [2.05, 4.69) is 14.9 Å². The number of hydrogen-bond acceptors (Lipinski definition) is 7. The van der Waals surface area contributed by atoms with Crippen molar-refractivity contribution in [2.24, 2.45) is 0 Å². The Bertz CT molecular complexity index is 1410. The van der Waals surface area contributed by atoms with Crippen LogP contribution >= 0.6 is 11.6 Å². The van der Waals surface area contributed by atoms with Crippen LogP contribution in [0.25, 0.3) is 0 Å². The van der Waals surface area contributed by atoms with Gasteiger partial charge in [-0.15, -0.1) is 5.10 Å². The second-order valence-electron chi connectivity index (χ2n) is 8.75. The van der Waals surface area contributed by atoms with Gasteiger partial charge in [-0.25, -0.2) is 22.7 Å². The van der Waals surface area contributed by atoms with Crippen molar-refractivity contribution < 1.29 is 27.1 Å². The molecule has 35 heavy (non-hydrogen) atoms. The van der Waals surface area contributed by atoms with Crippen molar-refractivity contribution in [1.82, 2.24) is 14.9 Å². The molecule has 2 atom stereocenters. The summed E-state index contributed by atoms with van der Waals surface area (Å²) in [5.41, 5.74) is 0.197. The molecule has 12 heteroatoms. The SMILES string of the molecule is COc1c(S(=O)(=O)N[C@H](c2n[nH]c(=O)o2)[C@H](C)c2c(F)ccc(C)c2C)ccc(Cl)c1C(C)(C)O. The highest BCUT2D eigenvalue weighted by molar-refractivity contribution is 7.89. The van der Waals surface area contributed by atoms with Gasteiger partial charge >= 0.3 is 5.76 Å². The zero-order valence-corrected chi connectivity index (χ0v) is 21.6. The first-order chi connectivity index (χ1) is 16.2. The zero-order chi connectivity index (χ0) is 26.3. The number of benzene rings is 2. The molecule has 190 valence electrons. The first kappa shape index (κ1) is 26.9. The molecule has 1 heterocycles. The second-order valence-corrected chi connectivity index (χ2v) is 10.8. The van der Waals surface area contributed by atoms with E-state index in [-0.39, 0.29) is 32.7 Å². The van der Waals surface area contributed by atoms with Crippen LogP contribution < -0.4 is 15.2 Å². The van der Waals surface area contributed by atoms with Crippen LogP contribution in [0.2, 0.25) is 5.02 Å². The quantitative estimate of drug-likeness (QED) is 0.405. The molecule has 0 aliphatic rings. The van der Waals surface area contributed by atoms with E-state index in [0.29, 0.717) is 5.56 Å². The number of halogens is 2. The molecular weight excluding hydrogens is 501 g/mol. The van der Waals surface area contributed by atoms with Gasteiger partial charge in [-0.2, -0.15) is 4.72 Å². The van der Waals surface area contributed by atoms with Gasteiger partial charge in [0.05, 0.1) is 17.7 Å². The van der Waals surface area contributed by atoms with Crippen LogP contribution in [0, 0.1) is 19.7 Å². The van der Waals surface area contributed by atoms with E-state index >= 15 is 0 Å². The fourth-order valence-electron chi connectivity index (χ4n) is 4.03. The molecule has 0 radical (unpaired) electrons. The molecule has 3 rings (SSSR count). The molecule has 0 aliphatic heterocycles.